The molecule has 86 valence electrons. The highest BCUT2D eigenvalue weighted by molar-refractivity contribution is 5.79. The number of carbonyl (C=O) groups excluding carboxylic acids is 1. The zero-order valence-corrected chi connectivity index (χ0v) is 10.2. The number of hydrogen-bond donors (Lipinski definition) is 1. The summed E-state index contributed by atoms with van der Waals surface area (Å²) in [6.07, 6.45) is 6.14. The molecule has 0 bridgehead atoms. The van der Waals surface area contributed by atoms with E-state index in [-0.39, 0.29) is 11.4 Å². The molecule has 1 N–H and O–H groups in total. The SMILES string of the molecule is CC1CCCC(C2CC(=O)NC2(C)C)C1. The Bertz CT molecular complexity index is 259. The van der Waals surface area contributed by atoms with Crippen molar-refractivity contribution in [1.82, 2.24) is 5.32 Å². The molecule has 15 heavy (non-hydrogen) atoms. The minimum Gasteiger partial charge on any atom is -0.351 e. The molecule has 2 rings (SSSR count). The largest absolute Gasteiger partial charge is 0.351 e. The summed E-state index contributed by atoms with van der Waals surface area (Å²) in [7, 11) is 0. The zero-order valence-electron chi connectivity index (χ0n) is 10.2. The first-order valence-electron chi connectivity index (χ1n) is 6.30. The van der Waals surface area contributed by atoms with Crippen molar-refractivity contribution in [2.75, 3.05) is 0 Å². The van der Waals surface area contributed by atoms with Crippen molar-refractivity contribution in [2.24, 2.45) is 17.8 Å². The van der Waals surface area contributed by atoms with Crippen LogP contribution in [0.15, 0.2) is 0 Å². The Kier molecular flexibility index (Phi) is 2.78. The third-order valence-electron chi connectivity index (χ3n) is 4.34. The topological polar surface area (TPSA) is 29.1 Å². The van der Waals surface area contributed by atoms with Crippen LogP contribution in [-0.2, 0) is 4.79 Å². The molecule has 2 fully saturated rings. The van der Waals surface area contributed by atoms with E-state index in [4.69, 9.17) is 0 Å². The molecule has 1 aliphatic heterocycles. The molecule has 3 atom stereocenters. The summed E-state index contributed by atoms with van der Waals surface area (Å²) in [4.78, 5) is 11.5. The highest BCUT2D eigenvalue weighted by Crippen LogP contribution is 2.42. The van der Waals surface area contributed by atoms with Crippen molar-refractivity contribution < 1.29 is 4.79 Å². The average Bonchev–Trinajstić information content (AvgIpc) is 2.39. The summed E-state index contributed by atoms with van der Waals surface area (Å²) >= 11 is 0. The summed E-state index contributed by atoms with van der Waals surface area (Å²) in [5.74, 6) is 2.44. The summed E-state index contributed by atoms with van der Waals surface area (Å²) in [6, 6.07) is 0. The zero-order chi connectivity index (χ0) is 11.1. The molecule has 2 heteroatoms. The molecule has 1 saturated heterocycles. The van der Waals surface area contributed by atoms with Crippen LogP contribution in [0.4, 0.5) is 0 Å². The van der Waals surface area contributed by atoms with E-state index in [1.807, 2.05) is 0 Å². The van der Waals surface area contributed by atoms with Crippen LogP contribution in [-0.4, -0.2) is 11.4 Å². The lowest BCUT2D eigenvalue weighted by atomic mass is 9.70. The van der Waals surface area contributed by atoms with Gasteiger partial charge in [-0.2, -0.15) is 0 Å². The third-order valence-corrected chi connectivity index (χ3v) is 4.34. The van der Waals surface area contributed by atoms with Gasteiger partial charge in [0.2, 0.25) is 5.91 Å². The van der Waals surface area contributed by atoms with Gasteiger partial charge in [-0.1, -0.05) is 26.2 Å². The van der Waals surface area contributed by atoms with Gasteiger partial charge in [0.25, 0.3) is 0 Å². The monoisotopic (exact) mass is 209 g/mol. The molecule has 2 nitrogen and oxygen atoms in total. The molecule has 0 spiro atoms. The molecule has 0 aromatic carbocycles. The van der Waals surface area contributed by atoms with Crippen molar-refractivity contribution in [3.63, 3.8) is 0 Å². The van der Waals surface area contributed by atoms with Crippen LogP contribution >= 0.6 is 0 Å². The van der Waals surface area contributed by atoms with Gasteiger partial charge in [0.1, 0.15) is 0 Å². The standard InChI is InChI=1S/C13H23NO/c1-9-5-4-6-10(7-9)11-8-12(15)14-13(11,2)3/h9-11H,4-8H2,1-3H3,(H,14,15). The maximum Gasteiger partial charge on any atom is 0.220 e. The predicted molar refractivity (Wildman–Crippen MR) is 61.5 cm³/mol. The number of rotatable bonds is 1. The third kappa shape index (κ3) is 2.19. The Balaban J connectivity index is 2.06. The van der Waals surface area contributed by atoms with Gasteiger partial charge in [0, 0.05) is 12.0 Å². The summed E-state index contributed by atoms with van der Waals surface area (Å²) < 4.78 is 0. The molecule has 0 radical (unpaired) electrons. The molecular weight excluding hydrogens is 186 g/mol. The quantitative estimate of drug-likeness (QED) is 0.707. The van der Waals surface area contributed by atoms with Crippen molar-refractivity contribution >= 4 is 5.91 Å². The summed E-state index contributed by atoms with van der Waals surface area (Å²) in [5.41, 5.74) is 0.0266. The Morgan fingerprint density at radius 1 is 1.33 bits per heavy atom. The molecule has 1 saturated carbocycles. The maximum atomic E-state index is 11.5. The summed E-state index contributed by atoms with van der Waals surface area (Å²) in [5, 5.41) is 3.12. The van der Waals surface area contributed by atoms with Crippen LogP contribution in [0.3, 0.4) is 0 Å². The van der Waals surface area contributed by atoms with Gasteiger partial charge in [0.15, 0.2) is 0 Å². The van der Waals surface area contributed by atoms with E-state index in [9.17, 15) is 4.79 Å². The minimum absolute atomic E-state index is 0.0266. The number of hydrogen-bond acceptors (Lipinski definition) is 1. The van der Waals surface area contributed by atoms with Gasteiger partial charge in [-0.25, -0.2) is 0 Å². The fourth-order valence-electron chi connectivity index (χ4n) is 3.56. The molecule has 1 amide bonds. The summed E-state index contributed by atoms with van der Waals surface area (Å²) in [6.45, 7) is 6.72. The van der Waals surface area contributed by atoms with E-state index in [1.54, 1.807) is 0 Å². The van der Waals surface area contributed by atoms with Crippen molar-refractivity contribution in [3.05, 3.63) is 0 Å². The van der Waals surface area contributed by atoms with Crippen molar-refractivity contribution in [3.8, 4) is 0 Å². The van der Waals surface area contributed by atoms with Crippen molar-refractivity contribution in [1.29, 1.82) is 0 Å². The number of carbonyl (C=O) groups is 1. The predicted octanol–water partition coefficient (Wildman–Crippen LogP) is 2.73. The lowest BCUT2D eigenvalue weighted by Gasteiger charge is -2.37. The Morgan fingerprint density at radius 2 is 2.07 bits per heavy atom. The Morgan fingerprint density at radius 3 is 2.60 bits per heavy atom. The second-order valence-electron chi connectivity index (χ2n) is 6.11. The van der Waals surface area contributed by atoms with Crippen LogP contribution in [0.25, 0.3) is 0 Å². The first kappa shape index (κ1) is 11.0. The lowest BCUT2D eigenvalue weighted by molar-refractivity contribution is -0.119. The second kappa shape index (κ2) is 3.80. The first-order valence-corrected chi connectivity index (χ1v) is 6.30. The Hall–Kier alpha value is -0.530. The highest BCUT2D eigenvalue weighted by atomic mass is 16.2. The maximum absolute atomic E-state index is 11.5. The molecule has 3 unspecified atom stereocenters. The van der Waals surface area contributed by atoms with Crippen LogP contribution in [0.5, 0.6) is 0 Å². The van der Waals surface area contributed by atoms with Crippen LogP contribution in [0.1, 0.15) is 52.9 Å². The smallest absolute Gasteiger partial charge is 0.220 e. The first-order chi connectivity index (χ1) is 6.99. The number of amides is 1. The number of nitrogens with one attached hydrogen (secondary N) is 1. The molecule has 1 heterocycles. The molecule has 1 aliphatic carbocycles. The van der Waals surface area contributed by atoms with Gasteiger partial charge in [-0.15, -0.1) is 0 Å². The molecular formula is C13H23NO. The van der Waals surface area contributed by atoms with E-state index in [1.165, 1.54) is 25.7 Å². The van der Waals surface area contributed by atoms with E-state index in [0.717, 1.165) is 18.3 Å². The van der Waals surface area contributed by atoms with Crippen LogP contribution in [0.2, 0.25) is 0 Å². The molecule has 0 aromatic rings. The van der Waals surface area contributed by atoms with Gasteiger partial charge in [0.05, 0.1) is 0 Å². The van der Waals surface area contributed by atoms with Crippen LogP contribution < -0.4 is 5.32 Å². The van der Waals surface area contributed by atoms with E-state index in [2.05, 4.69) is 26.1 Å². The van der Waals surface area contributed by atoms with E-state index < -0.39 is 0 Å². The fraction of sp³-hybridized carbons (Fsp3) is 0.923. The van der Waals surface area contributed by atoms with E-state index in [0.29, 0.717) is 5.92 Å². The van der Waals surface area contributed by atoms with E-state index >= 15 is 0 Å². The molecule has 0 aromatic heterocycles. The van der Waals surface area contributed by atoms with Crippen LogP contribution in [0, 0.1) is 17.8 Å². The van der Waals surface area contributed by atoms with Crippen molar-refractivity contribution in [2.45, 2.75) is 58.4 Å². The fourth-order valence-corrected chi connectivity index (χ4v) is 3.56. The van der Waals surface area contributed by atoms with Gasteiger partial charge >= 0.3 is 0 Å². The normalized spacial score (nSPS) is 40.2. The van der Waals surface area contributed by atoms with Gasteiger partial charge < -0.3 is 5.32 Å². The average molecular weight is 209 g/mol. The lowest BCUT2D eigenvalue weighted by Crippen LogP contribution is -2.42. The van der Waals surface area contributed by atoms with Gasteiger partial charge in [-0.05, 0) is 38.0 Å². The second-order valence-corrected chi connectivity index (χ2v) is 6.11. The van der Waals surface area contributed by atoms with Gasteiger partial charge in [-0.3, -0.25) is 4.79 Å². The highest BCUT2D eigenvalue weighted by Gasteiger charge is 2.43. The Labute approximate surface area is 92.8 Å². The molecule has 2 aliphatic rings. The minimum atomic E-state index is 0.0266.